The largest absolute Gasteiger partial charge is 0.487 e. The van der Waals surface area contributed by atoms with Gasteiger partial charge in [-0.3, -0.25) is 0 Å². The van der Waals surface area contributed by atoms with Crippen molar-refractivity contribution in [1.29, 1.82) is 0 Å². The molecule has 0 fully saturated rings. The molecule has 2 nitrogen and oxygen atoms in total. The van der Waals surface area contributed by atoms with E-state index in [9.17, 15) is 0 Å². The Morgan fingerprint density at radius 2 is 1.84 bits per heavy atom. The molecule has 98 valence electrons. The van der Waals surface area contributed by atoms with Crippen LogP contribution in [0.15, 0.2) is 42.5 Å². The van der Waals surface area contributed by atoms with Gasteiger partial charge in [0.1, 0.15) is 17.3 Å². The summed E-state index contributed by atoms with van der Waals surface area (Å²) in [4.78, 5) is 0.305. The summed E-state index contributed by atoms with van der Waals surface area (Å²) in [6.07, 6.45) is 0. The molecule has 0 radical (unpaired) electrons. The highest BCUT2D eigenvalue weighted by molar-refractivity contribution is 7.80. The van der Waals surface area contributed by atoms with Crippen LogP contribution in [-0.2, 0) is 6.61 Å². The van der Waals surface area contributed by atoms with Crippen molar-refractivity contribution in [2.24, 2.45) is 5.73 Å². The number of thiocarbonyl (C=S) groups is 1. The predicted molar refractivity (Wildman–Crippen MR) is 83.1 cm³/mol. The molecule has 2 aromatic rings. The molecule has 5 heteroatoms. The first kappa shape index (κ1) is 14.1. The summed E-state index contributed by atoms with van der Waals surface area (Å²) in [6, 6.07) is 12.7. The summed E-state index contributed by atoms with van der Waals surface area (Å²) >= 11 is 17.0. The van der Waals surface area contributed by atoms with Crippen LogP contribution >= 0.6 is 35.4 Å². The van der Waals surface area contributed by atoms with Gasteiger partial charge in [0.15, 0.2) is 0 Å². The molecule has 2 N–H and O–H groups in total. The fourth-order valence-electron chi connectivity index (χ4n) is 1.54. The van der Waals surface area contributed by atoms with Crippen molar-refractivity contribution in [3.8, 4) is 5.75 Å². The predicted octanol–water partition coefficient (Wildman–Crippen LogP) is 4.21. The third kappa shape index (κ3) is 3.60. The second-order valence-corrected chi connectivity index (χ2v) is 5.14. The molecule has 2 aromatic carbocycles. The van der Waals surface area contributed by atoms with Crippen LogP contribution in [0.2, 0.25) is 10.0 Å². The van der Waals surface area contributed by atoms with Crippen molar-refractivity contribution in [3.05, 3.63) is 63.6 Å². The van der Waals surface area contributed by atoms with Gasteiger partial charge in [0.2, 0.25) is 0 Å². The Kier molecular flexibility index (Phi) is 4.64. The van der Waals surface area contributed by atoms with Crippen molar-refractivity contribution < 1.29 is 4.74 Å². The molecule has 0 unspecified atom stereocenters. The first-order chi connectivity index (χ1) is 9.08. The number of hydrogen-bond donors (Lipinski definition) is 1. The molecule has 0 heterocycles. The highest BCUT2D eigenvalue weighted by Gasteiger charge is 2.06. The smallest absolute Gasteiger partial charge is 0.138 e. The zero-order chi connectivity index (χ0) is 13.8. The van der Waals surface area contributed by atoms with Crippen molar-refractivity contribution in [3.63, 3.8) is 0 Å². The highest BCUT2D eigenvalue weighted by atomic mass is 35.5. The van der Waals surface area contributed by atoms with E-state index in [0.29, 0.717) is 33.0 Å². The second kappa shape index (κ2) is 6.24. The molecule has 0 saturated heterocycles. The third-order valence-electron chi connectivity index (χ3n) is 2.56. The van der Waals surface area contributed by atoms with E-state index in [1.165, 1.54) is 0 Å². The number of ether oxygens (including phenoxy) is 1. The molecule has 0 atom stereocenters. The van der Waals surface area contributed by atoms with Gasteiger partial charge in [-0.05, 0) is 24.3 Å². The topological polar surface area (TPSA) is 35.2 Å². The van der Waals surface area contributed by atoms with Gasteiger partial charge in [-0.25, -0.2) is 0 Å². The van der Waals surface area contributed by atoms with Gasteiger partial charge >= 0.3 is 0 Å². The van der Waals surface area contributed by atoms with E-state index in [0.717, 1.165) is 5.56 Å². The number of hydrogen-bond acceptors (Lipinski definition) is 2. The number of nitrogens with two attached hydrogens (primary N) is 1. The van der Waals surface area contributed by atoms with Crippen molar-refractivity contribution >= 4 is 40.4 Å². The average Bonchev–Trinajstić information content (AvgIpc) is 2.39. The Bertz CT molecular complexity index is 616. The molecule has 2 rings (SSSR count). The Morgan fingerprint density at radius 3 is 2.47 bits per heavy atom. The zero-order valence-electron chi connectivity index (χ0n) is 9.90. The molecule has 19 heavy (non-hydrogen) atoms. The van der Waals surface area contributed by atoms with Crippen LogP contribution in [0.5, 0.6) is 5.75 Å². The van der Waals surface area contributed by atoms with Crippen LogP contribution in [0.25, 0.3) is 0 Å². The van der Waals surface area contributed by atoms with E-state index >= 15 is 0 Å². The third-order valence-corrected chi connectivity index (χ3v) is 3.46. The molecule has 0 aromatic heterocycles. The van der Waals surface area contributed by atoms with Crippen molar-refractivity contribution in [2.75, 3.05) is 0 Å². The number of halogens is 2. The van der Waals surface area contributed by atoms with Gasteiger partial charge in [0.25, 0.3) is 0 Å². The maximum Gasteiger partial charge on any atom is 0.138 e. The van der Waals surface area contributed by atoms with Crippen molar-refractivity contribution in [1.82, 2.24) is 0 Å². The van der Waals surface area contributed by atoms with Gasteiger partial charge < -0.3 is 10.5 Å². The molecule has 0 aliphatic rings. The lowest BCUT2D eigenvalue weighted by molar-refractivity contribution is 0.306. The van der Waals surface area contributed by atoms with E-state index in [2.05, 4.69) is 0 Å². The quantitative estimate of drug-likeness (QED) is 0.859. The van der Waals surface area contributed by atoms with Crippen LogP contribution in [-0.4, -0.2) is 4.99 Å². The van der Waals surface area contributed by atoms with E-state index < -0.39 is 0 Å². The van der Waals surface area contributed by atoms with Crippen LogP contribution in [0.1, 0.15) is 11.1 Å². The van der Waals surface area contributed by atoms with Crippen LogP contribution in [0.4, 0.5) is 0 Å². The SMILES string of the molecule is NC(=S)c1ccc(OCc2ccccc2Cl)c(Cl)c1. The summed E-state index contributed by atoms with van der Waals surface area (Å²) < 4.78 is 5.64. The monoisotopic (exact) mass is 311 g/mol. The minimum absolute atomic E-state index is 0.305. The van der Waals surface area contributed by atoms with Crippen LogP contribution in [0, 0.1) is 0 Å². The summed E-state index contributed by atoms with van der Waals surface area (Å²) in [5.74, 6) is 0.571. The summed E-state index contributed by atoms with van der Waals surface area (Å²) in [7, 11) is 0. The summed E-state index contributed by atoms with van der Waals surface area (Å²) in [5.41, 5.74) is 7.15. The van der Waals surface area contributed by atoms with Crippen LogP contribution in [0.3, 0.4) is 0 Å². The number of benzene rings is 2. The van der Waals surface area contributed by atoms with E-state index in [-0.39, 0.29) is 0 Å². The van der Waals surface area contributed by atoms with E-state index in [1.54, 1.807) is 18.2 Å². The van der Waals surface area contributed by atoms with Gasteiger partial charge in [-0.15, -0.1) is 0 Å². The first-order valence-electron chi connectivity index (χ1n) is 5.53. The van der Waals surface area contributed by atoms with E-state index in [4.69, 9.17) is 45.9 Å². The lowest BCUT2D eigenvalue weighted by Crippen LogP contribution is -2.09. The Hall–Kier alpha value is -1.29. The second-order valence-electron chi connectivity index (χ2n) is 3.89. The molecule has 0 amide bonds. The minimum atomic E-state index is 0.305. The first-order valence-corrected chi connectivity index (χ1v) is 6.70. The fraction of sp³-hybridized carbons (Fsp3) is 0.0714. The van der Waals surface area contributed by atoms with E-state index in [1.807, 2.05) is 24.3 Å². The van der Waals surface area contributed by atoms with Gasteiger partial charge in [-0.2, -0.15) is 0 Å². The minimum Gasteiger partial charge on any atom is -0.487 e. The Balaban J connectivity index is 2.12. The lowest BCUT2D eigenvalue weighted by atomic mass is 10.2. The maximum atomic E-state index is 6.11. The normalized spacial score (nSPS) is 10.2. The lowest BCUT2D eigenvalue weighted by Gasteiger charge is -2.10. The summed E-state index contributed by atoms with van der Waals surface area (Å²) in [5, 5.41) is 1.13. The highest BCUT2D eigenvalue weighted by Crippen LogP contribution is 2.27. The van der Waals surface area contributed by atoms with Gasteiger partial charge in [0.05, 0.1) is 5.02 Å². The molecule has 0 bridgehead atoms. The molecule has 0 aliphatic carbocycles. The fourth-order valence-corrected chi connectivity index (χ4v) is 2.09. The van der Waals surface area contributed by atoms with Gasteiger partial charge in [0, 0.05) is 16.1 Å². The number of rotatable bonds is 4. The Morgan fingerprint density at radius 1 is 1.11 bits per heavy atom. The van der Waals surface area contributed by atoms with Crippen molar-refractivity contribution in [2.45, 2.75) is 6.61 Å². The molecule has 0 saturated carbocycles. The summed E-state index contributed by atoms with van der Waals surface area (Å²) in [6.45, 7) is 0.353. The molecular weight excluding hydrogens is 301 g/mol. The molecule has 0 aliphatic heterocycles. The standard InChI is InChI=1S/C14H11Cl2NOS/c15-11-4-2-1-3-10(11)8-18-13-6-5-9(14(17)19)7-12(13)16/h1-7H,8H2,(H2,17,19). The average molecular weight is 312 g/mol. The molecule has 0 spiro atoms. The maximum absolute atomic E-state index is 6.11. The Labute approximate surface area is 127 Å². The van der Waals surface area contributed by atoms with Crippen LogP contribution < -0.4 is 10.5 Å². The van der Waals surface area contributed by atoms with Gasteiger partial charge in [-0.1, -0.05) is 53.6 Å². The zero-order valence-corrected chi connectivity index (χ0v) is 12.2. The molecular formula is C14H11Cl2NOS.